The van der Waals surface area contributed by atoms with Gasteiger partial charge in [-0.3, -0.25) is 9.59 Å². The molecule has 132 valence electrons. The first kappa shape index (κ1) is 17.3. The Labute approximate surface area is 149 Å². The average Bonchev–Trinajstić information content (AvgIpc) is 2.89. The van der Waals surface area contributed by atoms with Gasteiger partial charge in [-0.15, -0.1) is 18.3 Å². The number of nitrogens with one attached hydrogen (secondary N) is 1. The van der Waals surface area contributed by atoms with Gasteiger partial charge in [0.1, 0.15) is 23.2 Å². The number of aliphatic carboxylic acids is 1. The Bertz CT molecular complexity index is 725. The number of β-lactam (4-membered cyclic amide) rings is 1. The molecule has 1 unspecified atom stereocenters. The maximum Gasteiger partial charge on any atom is 0.328 e. The monoisotopic (exact) mass is 362 g/mol. The van der Waals surface area contributed by atoms with Gasteiger partial charge < -0.3 is 20.1 Å². The minimum atomic E-state index is -1.08. The van der Waals surface area contributed by atoms with E-state index in [0.29, 0.717) is 5.75 Å². The molecule has 4 atom stereocenters. The first-order chi connectivity index (χ1) is 11.9. The summed E-state index contributed by atoms with van der Waals surface area (Å²) in [5.41, 5.74) is 0. The van der Waals surface area contributed by atoms with Gasteiger partial charge in [-0.25, -0.2) is 4.79 Å². The zero-order valence-corrected chi connectivity index (χ0v) is 14.4. The Morgan fingerprint density at radius 2 is 2.12 bits per heavy atom. The minimum Gasteiger partial charge on any atom is -0.484 e. The minimum absolute atomic E-state index is 0.216. The lowest BCUT2D eigenvalue weighted by atomic mass is 9.94. The number of rotatable bonds is 6. The molecule has 2 fully saturated rings. The molecule has 2 amide bonds. The van der Waals surface area contributed by atoms with E-state index in [2.05, 4.69) is 11.9 Å². The number of carbonyl (C=O) groups is 3. The highest BCUT2D eigenvalue weighted by Crippen LogP contribution is 2.51. The molecule has 1 aromatic carbocycles. The second kappa shape index (κ2) is 6.44. The molecule has 2 heterocycles. The topological polar surface area (TPSA) is 95.9 Å². The molecule has 0 spiro atoms. The predicted molar refractivity (Wildman–Crippen MR) is 92.1 cm³/mol. The highest BCUT2D eigenvalue weighted by molar-refractivity contribution is 8.02. The van der Waals surface area contributed by atoms with Crippen LogP contribution in [0.3, 0.4) is 0 Å². The van der Waals surface area contributed by atoms with Crippen molar-refractivity contribution in [1.82, 2.24) is 10.2 Å². The summed E-state index contributed by atoms with van der Waals surface area (Å²) >= 11 is 1.32. The van der Waals surface area contributed by atoms with Crippen LogP contribution in [-0.2, 0) is 14.4 Å². The van der Waals surface area contributed by atoms with Crippen molar-refractivity contribution < 1.29 is 24.2 Å². The van der Waals surface area contributed by atoms with Crippen LogP contribution in [0.25, 0.3) is 0 Å². The molecule has 7 nitrogen and oxygen atoms in total. The lowest BCUT2D eigenvalue weighted by Gasteiger charge is -2.43. The summed E-state index contributed by atoms with van der Waals surface area (Å²) in [7, 11) is 0. The fourth-order valence-corrected chi connectivity index (χ4v) is 4.64. The zero-order valence-electron chi connectivity index (χ0n) is 13.5. The fourth-order valence-electron chi connectivity index (χ4n) is 3.02. The third-order valence-corrected chi connectivity index (χ3v) is 5.98. The number of hydrogen-bond donors (Lipinski definition) is 2. The number of fused-ring (bicyclic) bond motifs is 1. The van der Waals surface area contributed by atoms with Gasteiger partial charge in [0, 0.05) is 0 Å². The fraction of sp³-hybridized carbons (Fsp3) is 0.353. The molecule has 8 heteroatoms. The largest absolute Gasteiger partial charge is 0.484 e. The van der Waals surface area contributed by atoms with Crippen LogP contribution in [0.5, 0.6) is 5.75 Å². The van der Waals surface area contributed by atoms with Gasteiger partial charge in [-0.1, -0.05) is 24.3 Å². The number of carboxylic acid groups (broad SMARTS) is 1. The van der Waals surface area contributed by atoms with Gasteiger partial charge in [-0.2, -0.15) is 0 Å². The Kier molecular flexibility index (Phi) is 4.47. The molecule has 1 aromatic rings. The highest BCUT2D eigenvalue weighted by Gasteiger charge is 2.64. The van der Waals surface area contributed by atoms with E-state index in [1.54, 1.807) is 37.3 Å². The van der Waals surface area contributed by atoms with Gasteiger partial charge in [-0.05, 0) is 19.1 Å². The van der Waals surface area contributed by atoms with Crippen LogP contribution in [0, 0.1) is 0 Å². The van der Waals surface area contributed by atoms with Crippen molar-refractivity contribution in [3.8, 4) is 5.75 Å². The average molecular weight is 362 g/mol. The lowest BCUT2D eigenvalue weighted by molar-refractivity contribution is -0.160. The maximum absolute atomic E-state index is 12.3. The van der Waals surface area contributed by atoms with E-state index in [-0.39, 0.29) is 6.61 Å². The summed E-state index contributed by atoms with van der Waals surface area (Å²) < 4.78 is 4.55. The number of benzene rings is 1. The van der Waals surface area contributed by atoms with Crippen LogP contribution in [0.2, 0.25) is 0 Å². The van der Waals surface area contributed by atoms with Gasteiger partial charge >= 0.3 is 5.97 Å². The highest BCUT2D eigenvalue weighted by atomic mass is 32.2. The van der Waals surface area contributed by atoms with Gasteiger partial charge in [0.2, 0.25) is 5.91 Å². The van der Waals surface area contributed by atoms with Crippen LogP contribution in [0.4, 0.5) is 0 Å². The number of nitrogens with zero attached hydrogens (tertiary/aromatic N) is 1. The summed E-state index contributed by atoms with van der Waals surface area (Å²) in [5.74, 6) is -1.35. The number of hydrogen-bond acceptors (Lipinski definition) is 5. The van der Waals surface area contributed by atoms with Gasteiger partial charge in [0.05, 0.1) is 4.75 Å². The van der Waals surface area contributed by atoms with E-state index < -0.39 is 40.0 Å². The van der Waals surface area contributed by atoms with Crippen molar-refractivity contribution in [3.63, 3.8) is 0 Å². The Morgan fingerprint density at radius 1 is 1.44 bits per heavy atom. The van der Waals surface area contributed by atoms with E-state index in [0.717, 1.165) is 0 Å². The molecular weight excluding hydrogens is 344 g/mol. The molecule has 2 aliphatic rings. The van der Waals surface area contributed by atoms with Gasteiger partial charge in [0.25, 0.3) is 5.91 Å². The van der Waals surface area contributed by atoms with Crippen molar-refractivity contribution in [2.75, 3.05) is 6.61 Å². The molecule has 3 rings (SSSR count). The van der Waals surface area contributed by atoms with E-state index in [4.69, 9.17) is 4.74 Å². The van der Waals surface area contributed by atoms with E-state index in [1.165, 1.54) is 16.7 Å². The zero-order chi connectivity index (χ0) is 18.2. The molecule has 0 radical (unpaired) electrons. The number of thioether (sulfide) groups is 1. The molecule has 25 heavy (non-hydrogen) atoms. The Balaban J connectivity index is 1.62. The molecule has 0 aromatic heterocycles. The number of ether oxygens (including phenoxy) is 1. The SMILES string of the molecule is C=C[C@@]1(C)S[C@H]2[C@H](NC(=O)COc3ccccc3)C(=O)N2C1C(=O)O. The van der Waals surface area contributed by atoms with Crippen molar-refractivity contribution in [2.24, 2.45) is 0 Å². The summed E-state index contributed by atoms with van der Waals surface area (Å²) in [4.78, 5) is 37.2. The molecule has 0 saturated carbocycles. The van der Waals surface area contributed by atoms with Crippen LogP contribution in [0.15, 0.2) is 43.0 Å². The molecule has 2 N–H and O–H groups in total. The van der Waals surface area contributed by atoms with Crippen molar-refractivity contribution in [2.45, 2.75) is 29.1 Å². The first-order valence-corrected chi connectivity index (χ1v) is 8.59. The lowest BCUT2D eigenvalue weighted by Crippen LogP contribution is -2.70. The number of amides is 2. The first-order valence-electron chi connectivity index (χ1n) is 7.71. The van der Waals surface area contributed by atoms with Crippen LogP contribution >= 0.6 is 11.8 Å². The second-order valence-corrected chi connectivity index (χ2v) is 7.63. The van der Waals surface area contributed by atoms with Gasteiger partial charge in [0.15, 0.2) is 6.61 Å². The maximum atomic E-state index is 12.3. The molecule has 0 aliphatic carbocycles. The third kappa shape index (κ3) is 2.97. The van der Waals surface area contributed by atoms with Crippen molar-refractivity contribution in [3.05, 3.63) is 43.0 Å². The Hall–Kier alpha value is -2.48. The summed E-state index contributed by atoms with van der Waals surface area (Å²) in [5, 5.41) is 11.6. The smallest absolute Gasteiger partial charge is 0.328 e. The number of carbonyl (C=O) groups excluding carboxylic acids is 2. The van der Waals surface area contributed by atoms with E-state index >= 15 is 0 Å². The molecule has 2 aliphatic heterocycles. The molecular formula is C17H18N2O5S. The Morgan fingerprint density at radius 3 is 2.72 bits per heavy atom. The van der Waals surface area contributed by atoms with Crippen LogP contribution in [-0.4, -0.2) is 56.6 Å². The summed E-state index contributed by atoms with van der Waals surface area (Å²) in [6, 6.07) is 7.13. The molecule has 2 saturated heterocycles. The number of para-hydroxylation sites is 1. The summed E-state index contributed by atoms with van der Waals surface area (Å²) in [6.07, 6.45) is 1.54. The summed E-state index contributed by atoms with van der Waals surface area (Å²) in [6.45, 7) is 5.20. The van der Waals surface area contributed by atoms with Crippen molar-refractivity contribution in [1.29, 1.82) is 0 Å². The normalized spacial score (nSPS) is 30.2. The standard InChI is InChI=1S/C17H18N2O5S/c1-3-17(2)13(16(22)23)19-14(21)12(15(19)25-17)18-11(20)9-24-10-7-5-4-6-8-10/h3-8,12-13,15H,1,9H2,2H3,(H,18,20)(H,22,23)/t12-,13?,15+,17-/m1/s1. The van der Waals surface area contributed by atoms with Crippen LogP contribution < -0.4 is 10.1 Å². The van der Waals surface area contributed by atoms with Crippen molar-refractivity contribution >= 4 is 29.5 Å². The molecule has 0 bridgehead atoms. The van der Waals surface area contributed by atoms with E-state index in [1.807, 2.05) is 6.07 Å². The van der Waals surface area contributed by atoms with E-state index in [9.17, 15) is 19.5 Å². The number of carboxylic acids is 1. The quantitative estimate of drug-likeness (QED) is 0.576. The predicted octanol–water partition coefficient (Wildman–Crippen LogP) is 0.863. The third-order valence-electron chi connectivity index (χ3n) is 4.34. The second-order valence-electron chi connectivity index (χ2n) is 6.03. The van der Waals surface area contributed by atoms with Crippen LogP contribution in [0.1, 0.15) is 6.92 Å².